The molecule has 0 saturated heterocycles. The van der Waals surface area contributed by atoms with E-state index in [9.17, 15) is 26.7 Å². The third-order valence-corrected chi connectivity index (χ3v) is 6.06. The number of halogens is 5. The van der Waals surface area contributed by atoms with Crippen LogP contribution in [0.25, 0.3) is 0 Å². The van der Waals surface area contributed by atoms with Crippen LogP contribution in [0.15, 0.2) is 0 Å². The van der Waals surface area contributed by atoms with Crippen molar-refractivity contribution in [3.05, 3.63) is 11.3 Å². The van der Waals surface area contributed by atoms with E-state index in [4.69, 9.17) is 0 Å². The van der Waals surface area contributed by atoms with Gasteiger partial charge >= 0.3 is 6.18 Å². The molecule has 1 N–H and O–H groups in total. The standard InChI is InChI=1S/C19H26F5N3O/c1-11-14(17(4)9-18(20,21)10-17)26-27(12-6-5-7-12)15(11)25-13(28)8-16(2,3)19(22,23)24/h12H,5-10H2,1-4H3,(H,25,28). The van der Waals surface area contributed by atoms with E-state index in [1.807, 2.05) is 0 Å². The summed E-state index contributed by atoms with van der Waals surface area (Å²) in [7, 11) is 0. The number of alkyl halides is 5. The summed E-state index contributed by atoms with van der Waals surface area (Å²) >= 11 is 0. The molecule has 2 aliphatic rings. The number of hydrogen-bond donors (Lipinski definition) is 1. The van der Waals surface area contributed by atoms with Gasteiger partial charge in [-0.1, -0.05) is 20.8 Å². The molecule has 0 aromatic carbocycles. The molecule has 0 radical (unpaired) electrons. The Balaban J connectivity index is 1.87. The van der Waals surface area contributed by atoms with Gasteiger partial charge in [0.25, 0.3) is 0 Å². The zero-order valence-corrected chi connectivity index (χ0v) is 16.5. The monoisotopic (exact) mass is 407 g/mol. The molecule has 1 heterocycles. The molecular weight excluding hydrogens is 381 g/mol. The van der Waals surface area contributed by atoms with Gasteiger partial charge in [-0.2, -0.15) is 18.3 Å². The van der Waals surface area contributed by atoms with Crippen LogP contribution >= 0.6 is 0 Å². The van der Waals surface area contributed by atoms with Gasteiger partial charge in [0.05, 0.1) is 17.2 Å². The highest BCUT2D eigenvalue weighted by Crippen LogP contribution is 2.54. The molecule has 3 rings (SSSR count). The Morgan fingerprint density at radius 2 is 1.82 bits per heavy atom. The fourth-order valence-electron chi connectivity index (χ4n) is 4.07. The molecule has 0 unspecified atom stereocenters. The summed E-state index contributed by atoms with van der Waals surface area (Å²) in [5.41, 5.74) is -1.91. The van der Waals surface area contributed by atoms with Crippen LogP contribution in [-0.4, -0.2) is 27.8 Å². The number of anilines is 1. The normalized spacial score (nSPS) is 21.8. The summed E-state index contributed by atoms with van der Waals surface area (Å²) in [5.74, 6) is -3.16. The molecule has 1 aromatic rings. The molecule has 0 spiro atoms. The largest absolute Gasteiger partial charge is 0.394 e. The van der Waals surface area contributed by atoms with E-state index >= 15 is 0 Å². The van der Waals surface area contributed by atoms with Crippen molar-refractivity contribution >= 4 is 11.7 Å². The van der Waals surface area contributed by atoms with E-state index in [-0.39, 0.29) is 18.9 Å². The van der Waals surface area contributed by atoms with Gasteiger partial charge in [0.15, 0.2) is 0 Å². The zero-order valence-electron chi connectivity index (χ0n) is 16.5. The highest BCUT2D eigenvalue weighted by molar-refractivity contribution is 5.91. The Bertz CT molecular complexity index is 769. The molecule has 2 fully saturated rings. The zero-order chi connectivity index (χ0) is 21.1. The summed E-state index contributed by atoms with van der Waals surface area (Å²) < 4.78 is 67.9. The Kier molecular flexibility index (Phi) is 4.83. The molecule has 2 saturated carbocycles. The molecule has 28 heavy (non-hydrogen) atoms. The summed E-state index contributed by atoms with van der Waals surface area (Å²) in [4.78, 5) is 12.4. The Labute approximate surface area is 160 Å². The van der Waals surface area contributed by atoms with Gasteiger partial charge in [-0.05, 0) is 26.2 Å². The Hall–Kier alpha value is -1.67. The summed E-state index contributed by atoms with van der Waals surface area (Å²) in [6.07, 6.45) is -3.22. The first-order valence-electron chi connectivity index (χ1n) is 9.49. The van der Waals surface area contributed by atoms with Gasteiger partial charge in [-0.15, -0.1) is 0 Å². The van der Waals surface area contributed by atoms with Gasteiger partial charge in [0, 0.05) is 30.2 Å². The quantitative estimate of drug-likeness (QED) is 0.654. The molecular formula is C19H26F5N3O. The first kappa shape index (κ1) is 21.0. The highest BCUT2D eigenvalue weighted by Gasteiger charge is 2.56. The van der Waals surface area contributed by atoms with Gasteiger partial charge < -0.3 is 5.32 Å². The van der Waals surface area contributed by atoms with Crippen molar-refractivity contribution in [2.24, 2.45) is 5.41 Å². The number of carbonyl (C=O) groups is 1. The molecule has 0 bridgehead atoms. The van der Waals surface area contributed by atoms with Gasteiger partial charge in [-0.25, -0.2) is 13.5 Å². The van der Waals surface area contributed by atoms with E-state index in [0.717, 1.165) is 33.1 Å². The number of hydrogen-bond acceptors (Lipinski definition) is 2. The fraction of sp³-hybridized carbons (Fsp3) is 0.789. The van der Waals surface area contributed by atoms with E-state index in [0.29, 0.717) is 17.1 Å². The smallest absolute Gasteiger partial charge is 0.311 e. The lowest BCUT2D eigenvalue weighted by Crippen LogP contribution is -2.47. The summed E-state index contributed by atoms with van der Waals surface area (Å²) in [5, 5.41) is 7.13. The minimum absolute atomic E-state index is 0.0302. The topological polar surface area (TPSA) is 46.9 Å². The molecule has 158 valence electrons. The first-order valence-corrected chi connectivity index (χ1v) is 9.49. The first-order chi connectivity index (χ1) is 12.7. The Morgan fingerprint density at radius 1 is 1.25 bits per heavy atom. The van der Waals surface area contributed by atoms with E-state index < -0.39 is 35.3 Å². The number of rotatable bonds is 5. The lowest BCUT2D eigenvalue weighted by atomic mass is 9.65. The van der Waals surface area contributed by atoms with Crippen molar-refractivity contribution in [1.29, 1.82) is 0 Å². The minimum Gasteiger partial charge on any atom is -0.311 e. The van der Waals surface area contributed by atoms with Crippen molar-refractivity contribution in [2.75, 3.05) is 5.32 Å². The second-order valence-corrected chi connectivity index (χ2v) is 9.23. The molecule has 0 aliphatic heterocycles. The van der Waals surface area contributed by atoms with Crippen molar-refractivity contribution in [1.82, 2.24) is 9.78 Å². The van der Waals surface area contributed by atoms with Crippen LogP contribution in [0.2, 0.25) is 0 Å². The van der Waals surface area contributed by atoms with Crippen molar-refractivity contribution in [3.8, 4) is 0 Å². The molecule has 4 nitrogen and oxygen atoms in total. The minimum atomic E-state index is -4.51. The SMILES string of the molecule is Cc1c(C2(C)CC(F)(F)C2)nn(C2CCC2)c1NC(=O)CC(C)(C)C(F)(F)F. The van der Waals surface area contributed by atoms with E-state index in [1.165, 1.54) is 0 Å². The predicted molar refractivity (Wildman–Crippen MR) is 94.5 cm³/mol. The maximum absolute atomic E-state index is 13.5. The maximum Gasteiger partial charge on any atom is 0.394 e. The van der Waals surface area contributed by atoms with Crippen LogP contribution in [0.3, 0.4) is 0 Å². The summed E-state index contributed by atoms with van der Waals surface area (Å²) in [6, 6.07) is 0.0302. The van der Waals surface area contributed by atoms with Crippen LogP contribution in [0.4, 0.5) is 27.8 Å². The van der Waals surface area contributed by atoms with Crippen LogP contribution in [0.1, 0.15) is 76.6 Å². The average Bonchev–Trinajstić information content (AvgIpc) is 2.71. The number of nitrogens with one attached hydrogen (secondary N) is 1. The summed E-state index contributed by atoms with van der Waals surface area (Å²) in [6.45, 7) is 5.35. The van der Waals surface area contributed by atoms with E-state index in [2.05, 4.69) is 10.4 Å². The Morgan fingerprint density at radius 3 is 2.25 bits per heavy atom. The van der Waals surface area contributed by atoms with Gasteiger partial charge in [0.1, 0.15) is 5.82 Å². The van der Waals surface area contributed by atoms with Gasteiger partial charge in [-0.3, -0.25) is 4.79 Å². The third kappa shape index (κ3) is 3.64. The molecule has 1 aromatic heterocycles. The average molecular weight is 407 g/mol. The number of carbonyl (C=O) groups excluding carboxylic acids is 1. The lowest BCUT2D eigenvalue weighted by Gasteiger charge is -2.44. The van der Waals surface area contributed by atoms with Crippen molar-refractivity contribution in [3.63, 3.8) is 0 Å². The van der Waals surface area contributed by atoms with Crippen LogP contribution in [0.5, 0.6) is 0 Å². The molecule has 2 aliphatic carbocycles. The fourth-order valence-corrected chi connectivity index (χ4v) is 4.07. The number of amides is 1. The number of aromatic nitrogens is 2. The van der Waals surface area contributed by atoms with Crippen LogP contribution in [0, 0.1) is 12.3 Å². The highest BCUT2D eigenvalue weighted by atomic mass is 19.4. The molecule has 1 amide bonds. The van der Waals surface area contributed by atoms with E-state index in [1.54, 1.807) is 18.5 Å². The number of nitrogens with zero attached hydrogens (tertiary/aromatic N) is 2. The predicted octanol–water partition coefficient (Wildman–Crippen LogP) is 5.52. The van der Waals surface area contributed by atoms with Gasteiger partial charge in [0.2, 0.25) is 11.8 Å². The van der Waals surface area contributed by atoms with Crippen molar-refractivity contribution < 1.29 is 26.7 Å². The van der Waals surface area contributed by atoms with Crippen LogP contribution in [-0.2, 0) is 10.2 Å². The lowest BCUT2D eigenvalue weighted by molar-refractivity contribution is -0.213. The van der Waals surface area contributed by atoms with Crippen LogP contribution < -0.4 is 5.32 Å². The molecule has 0 atom stereocenters. The van der Waals surface area contributed by atoms with Crippen molar-refractivity contribution in [2.45, 2.75) is 89.8 Å². The molecule has 9 heteroatoms. The second kappa shape index (κ2) is 6.42. The third-order valence-electron chi connectivity index (χ3n) is 6.06. The maximum atomic E-state index is 13.5. The second-order valence-electron chi connectivity index (χ2n) is 9.23.